The highest BCUT2D eigenvalue weighted by atomic mass is 32.2. The van der Waals surface area contributed by atoms with Gasteiger partial charge in [-0.3, -0.25) is 0 Å². The topological polar surface area (TPSA) is 36.9 Å². The SMILES string of the molecule is CO/C=C/CCC[C@@H]1CC2(C[C@H](C(OC)OC)O1)SCCCS2. The molecule has 2 rings (SSSR count). The molecule has 2 aliphatic rings. The van der Waals surface area contributed by atoms with Crippen molar-refractivity contribution in [3.63, 3.8) is 0 Å². The van der Waals surface area contributed by atoms with E-state index in [-0.39, 0.29) is 22.6 Å². The van der Waals surface area contributed by atoms with E-state index in [1.165, 1.54) is 17.9 Å². The first kappa shape index (κ1) is 19.4. The molecule has 6 heteroatoms. The van der Waals surface area contributed by atoms with E-state index in [2.05, 4.69) is 29.6 Å². The molecule has 0 aromatic rings. The van der Waals surface area contributed by atoms with Crippen molar-refractivity contribution in [2.45, 2.75) is 61.1 Å². The third-order valence-electron chi connectivity index (χ3n) is 4.33. The molecule has 0 aromatic carbocycles. The van der Waals surface area contributed by atoms with Crippen LogP contribution in [-0.2, 0) is 18.9 Å². The number of thioether (sulfide) groups is 2. The fraction of sp³-hybridized carbons (Fsp3) is 0.882. The van der Waals surface area contributed by atoms with Crippen LogP contribution in [-0.4, -0.2) is 55.4 Å². The van der Waals surface area contributed by atoms with Gasteiger partial charge in [-0.2, -0.15) is 0 Å². The summed E-state index contributed by atoms with van der Waals surface area (Å²) < 4.78 is 22.5. The van der Waals surface area contributed by atoms with Gasteiger partial charge in [0, 0.05) is 20.6 Å². The molecule has 134 valence electrons. The van der Waals surface area contributed by atoms with Crippen LogP contribution in [0.2, 0.25) is 0 Å². The van der Waals surface area contributed by atoms with Crippen LogP contribution in [0.5, 0.6) is 0 Å². The van der Waals surface area contributed by atoms with Gasteiger partial charge >= 0.3 is 0 Å². The quantitative estimate of drug-likeness (QED) is 0.368. The van der Waals surface area contributed by atoms with Gasteiger partial charge in [0.2, 0.25) is 0 Å². The zero-order valence-corrected chi connectivity index (χ0v) is 16.1. The Bertz CT molecular complexity index is 355. The van der Waals surface area contributed by atoms with Crippen LogP contribution in [0.25, 0.3) is 0 Å². The number of rotatable bonds is 8. The second kappa shape index (κ2) is 10.2. The molecular formula is C17H30O4S2. The van der Waals surface area contributed by atoms with Crippen LogP contribution in [0.4, 0.5) is 0 Å². The smallest absolute Gasteiger partial charge is 0.183 e. The predicted octanol–water partition coefficient (Wildman–Crippen LogP) is 4.05. The Labute approximate surface area is 149 Å². The first-order chi connectivity index (χ1) is 11.2. The largest absolute Gasteiger partial charge is 0.505 e. The Morgan fingerprint density at radius 2 is 1.91 bits per heavy atom. The number of hydrogen-bond acceptors (Lipinski definition) is 6. The fourth-order valence-corrected chi connectivity index (χ4v) is 6.80. The molecule has 0 saturated carbocycles. The summed E-state index contributed by atoms with van der Waals surface area (Å²) in [7, 11) is 5.08. The second-order valence-electron chi connectivity index (χ2n) is 6.04. The maximum absolute atomic E-state index is 6.33. The minimum Gasteiger partial charge on any atom is -0.505 e. The van der Waals surface area contributed by atoms with Gasteiger partial charge in [0.15, 0.2) is 6.29 Å². The van der Waals surface area contributed by atoms with Gasteiger partial charge < -0.3 is 18.9 Å². The van der Waals surface area contributed by atoms with Crippen molar-refractivity contribution < 1.29 is 18.9 Å². The van der Waals surface area contributed by atoms with Gasteiger partial charge in [-0.05, 0) is 49.7 Å². The average Bonchev–Trinajstić information content (AvgIpc) is 2.56. The average molecular weight is 363 g/mol. The van der Waals surface area contributed by atoms with Crippen molar-refractivity contribution in [1.82, 2.24) is 0 Å². The van der Waals surface area contributed by atoms with Crippen molar-refractivity contribution >= 4 is 23.5 Å². The number of hydrogen-bond donors (Lipinski definition) is 0. The van der Waals surface area contributed by atoms with E-state index in [0.717, 1.165) is 32.1 Å². The highest BCUT2D eigenvalue weighted by Gasteiger charge is 2.45. The summed E-state index contributed by atoms with van der Waals surface area (Å²) in [5.74, 6) is 2.52. The Kier molecular flexibility index (Phi) is 8.61. The Morgan fingerprint density at radius 1 is 1.17 bits per heavy atom. The summed E-state index contributed by atoms with van der Waals surface area (Å²) in [6.45, 7) is 0. The van der Waals surface area contributed by atoms with Crippen molar-refractivity contribution in [3.05, 3.63) is 12.3 Å². The summed E-state index contributed by atoms with van der Waals surface area (Å²) in [5, 5.41) is 0. The number of ether oxygens (including phenoxy) is 4. The minimum absolute atomic E-state index is 0.0244. The molecule has 0 unspecified atom stereocenters. The third-order valence-corrected chi connectivity index (χ3v) is 7.75. The Hall–Kier alpha value is 0.120. The third kappa shape index (κ3) is 5.85. The normalized spacial score (nSPS) is 27.8. The van der Waals surface area contributed by atoms with Gasteiger partial charge in [-0.1, -0.05) is 0 Å². The molecule has 2 heterocycles. The van der Waals surface area contributed by atoms with Crippen LogP contribution in [0.1, 0.15) is 38.5 Å². The molecule has 0 aromatic heterocycles. The molecule has 0 radical (unpaired) electrons. The van der Waals surface area contributed by atoms with Crippen molar-refractivity contribution in [2.24, 2.45) is 0 Å². The summed E-state index contributed by atoms with van der Waals surface area (Å²) in [4.78, 5) is 0. The van der Waals surface area contributed by atoms with E-state index in [9.17, 15) is 0 Å². The van der Waals surface area contributed by atoms with E-state index in [1.807, 2.05) is 0 Å². The van der Waals surface area contributed by atoms with Crippen LogP contribution in [0.15, 0.2) is 12.3 Å². The van der Waals surface area contributed by atoms with Gasteiger partial charge in [0.05, 0.1) is 23.6 Å². The van der Waals surface area contributed by atoms with E-state index in [4.69, 9.17) is 18.9 Å². The van der Waals surface area contributed by atoms with Crippen molar-refractivity contribution in [3.8, 4) is 0 Å². The van der Waals surface area contributed by atoms with Crippen LogP contribution >= 0.6 is 23.5 Å². The highest BCUT2D eigenvalue weighted by molar-refractivity contribution is 8.18. The fourth-order valence-electron chi connectivity index (χ4n) is 3.29. The maximum atomic E-state index is 6.33. The minimum atomic E-state index is -0.272. The molecule has 0 amide bonds. The molecule has 2 atom stereocenters. The number of methoxy groups -OCH3 is 3. The van der Waals surface area contributed by atoms with Gasteiger partial charge in [-0.15, -0.1) is 23.5 Å². The standard InChI is InChI=1S/C17H30O4S2/c1-18-9-6-4-5-8-14-12-17(22-10-7-11-23-17)13-15(21-14)16(19-2)20-3/h6,9,14-16H,4-5,7-8,10-13H2,1-3H3/b9-6+/t14-,15-/m1/s1. The van der Waals surface area contributed by atoms with Crippen LogP contribution in [0.3, 0.4) is 0 Å². The molecule has 1 spiro atoms. The van der Waals surface area contributed by atoms with E-state index in [0.29, 0.717) is 0 Å². The molecule has 23 heavy (non-hydrogen) atoms. The summed E-state index contributed by atoms with van der Waals surface area (Å²) >= 11 is 4.24. The van der Waals surface area contributed by atoms with Crippen LogP contribution in [0, 0.1) is 0 Å². The van der Waals surface area contributed by atoms with E-state index in [1.54, 1.807) is 27.6 Å². The zero-order chi connectivity index (χ0) is 16.5. The summed E-state index contributed by atoms with van der Waals surface area (Å²) in [6, 6.07) is 0. The Morgan fingerprint density at radius 3 is 2.57 bits per heavy atom. The van der Waals surface area contributed by atoms with Gasteiger partial charge in [-0.25, -0.2) is 0 Å². The molecule has 0 N–H and O–H groups in total. The number of unbranched alkanes of at least 4 members (excludes halogenated alkanes) is 1. The second-order valence-corrected chi connectivity index (χ2v) is 9.26. The number of allylic oxidation sites excluding steroid dienone is 1. The summed E-state index contributed by atoms with van der Waals surface area (Å²) in [6.07, 6.45) is 10.6. The van der Waals surface area contributed by atoms with Crippen LogP contribution < -0.4 is 0 Å². The lowest BCUT2D eigenvalue weighted by Crippen LogP contribution is -2.48. The molecule has 2 fully saturated rings. The van der Waals surface area contributed by atoms with E-state index >= 15 is 0 Å². The first-order valence-corrected chi connectivity index (χ1v) is 10.4. The Balaban J connectivity index is 1.95. The lowest BCUT2D eigenvalue weighted by Gasteiger charge is -2.47. The molecule has 0 aliphatic carbocycles. The summed E-state index contributed by atoms with van der Waals surface area (Å²) in [5.41, 5.74) is 0. The molecule has 2 saturated heterocycles. The van der Waals surface area contributed by atoms with Gasteiger partial charge in [0.25, 0.3) is 0 Å². The molecule has 2 aliphatic heterocycles. The molecule has 4 nitrogen and oxygen atoms in total. The highest BCUT2D eigenvalue weighted by Crippen LogP contribution is 2.52. The monoisotopic (exact) mass is 362 g/mol. The maximum Gasteiger partial charge on any atom is 0.183 e. The lowest BCUT2D eigenvalue weighted by atomic mass is 9.98. The lowest BCUT2D eigenvalue weighted by molar-refractivity contribution is -0.208. The molecule has 0 bridgehead atoms. The zero-order valence-electron chi connectivity index (χ0n) is 14.5. The van der Waals surface area contributed by atoms with Crippen molar-refractivity contribution in [1.29, 1.82) is 0 Å². The van der Waals surface area contributed by atoms with E-state index < -0.39 is 0 Å². The molecular weight excluding hydrogens is 332 g/mol. The van der Waals surface area contributed by atoms with Crippen molar-refractivity contribution in [2.75, 3.05) is 32.8 Å². The van der Waals surface area contributed by atoms with Gasteiger partial charge in [0.1, 0.15) is 6.10 Å². The predicted molar refractivity (Wildman–Crippen MR) is 98.0 cm³/mol. The first-order valence-electron chi connectivity index (χ1n) is 8.40.